The van der Waals surface area contributed by atoms with Gasteiger partial charge in [-0.1, -0.05) is 46.8 Å². The molecule has 150 valence electrons. The van der Waals surface area contributed by atoms with Gasteiger partial charge < -0.3 is 14.3 Å². The van der Waals surface area contributed by atoms with Crippen LogP contribution in [0.1, 0.15) is 28.2 Å². The molecule has 1 amide bonds. The molecule has 2 fully saturated rings. The predicted octanol–water partition coefficient (Wildman–Crippen LogP) is 3.05. The number of hydrogen-bond acceptors (Lipinski definition) is 7. The lowest BCUT2D eigenvalue weighted by Crippen LogP contribution is -2.37. The highest BCUT2D eigenvalue weighted by atomic mass is 32.1. The Kier molecular flexibility index (Phi) is 4.58. The van der Waals surface area contributed by atoms with Crippen LogP contribution in [0.25, 0.3) is 0 Å². The first-order valence-electron chi connectivity index (χ1n) is 9.91. The molecular formula is C21H23N5O2S. The molecule has 2 aromatic heterocycles. The molecule has 1 aromatic carbocycles. The molecular weight excluding hydrogens is 386 g/mol. The van der Waals surface area contributed by atoms with Gasteiger partial charge in [-0.2, -0.15) is 0 Å². The number of carbonyl (C=O) groups is 1. The fourth-order valence-electron chi connectivity index (χ4n) is 4.81. The summed E-state index contributed by atoms with van der Waals surface area (Å²) in [7, 11) is 0. The third-order valence-corrected chi connectivity index (χ3v) is 7.02. The highest BCUT2D eigenvalue weighted by molar-refractivity contribution is 7.13. The molecule has 3 aromatic rings. The number of anilines is 1. The van der Waals surface area contributed by atoms with Gasteiger partial charge in [0.05, 0.1) is 0 Å². The number of aryl methyl sites for hydroxylation is 2. The Bertz CT molecular complexity index is 990. The van der Waals surface area contributed by atoms with Crippen molar-refractivity contribution in [3.8, 4) is 0 Å². The van der Waals surface area contributed by atoms with Crippen LogP contribution in [0.3, 0.4) is 0 Å². The minimum absolute atomic E-state index is 0.0298. The fourth-order valence-corrected chi connectivity index (χ4v) is 5.38. The summed E-state index contributed by atoms with van der Waals surface area (Å²) in [5, 5.41) is 13.2. The molecule has 2 aliphatic rings. The van der Waals surface area contributed by atoms with Gasteiger partial charge in [-0.05, 0) is 25.3 Å². The first-order chi connectivity index (χ1) is 14.1. The van der Waals surface area contributed by atoms with Crippen LogP contribution in [0.5, 0.6) is 0 Å². The highest BCUT2D eigenvalue weighted by Crippen LogP contribution is 2.47. The minimum atomic E-state index is -0.0298. The lowest BCUT2D eigenvalue weighted by atomic mass is 9.76. The average Bonchev–Trinajstić information content (AvgIpc) is 3.49. The second kappa shape index (κ2) is 7.26. The van der Waals surface area contributed by atoms with E-state index in [4.69, 9.17) is 4.52 Å². The van der Waals surface area contributed by atoms with Crippen molar-refractivity contribution in [1.29, 1.82) is 0 Å². The quantitative estimate of drug-likeness (QED) is 0.645. The Morgan fingerprint density at radius 2 is 2.14 bits per heavy atom. The van der Waals surface area contributed by atoms with Crippen LogP contribution in [-0.4, -0.2) is 52.3 Å². The number of fused-ring (bicyclic) bond motifs is 1. The number of likely N-dealkylation sites (tertiary alicyclic amines) is 1. The van der Waals surface area contributed by atoms with Crippen LogP contribution in [0, 0.1) is 18.3 Å². The van der Waals surface area contributed by atoms with Crippen LogP contribution in [0.2, 0.25) is 0 Å². The Hall–Kier alpha value is -2.74. The van der Waals surface area contributed by atoms with Crippen molar-refractivity contribution in [3.05, 3.63) is 58.9 Å². The Balaban J connectivity index is 1.37. The number of aromatic nitrogens is 3. The maximum absolute atomic E-state index is 13.0. The van der Waals surface area contributed by atoms with Gasteiger partial charge in [0.15, 0.2) is 5.69 Å². The first-order valence-corrected chi connectivity index (χ1v) is 10.8. The van der Waals surface area contributed by atoms with Crippen molar-refractivity contribution in [2.45, 2.75) is 19.8 Å². The summed E-state index contributed by atoms with van der Waals surface area (Å²) in [6.07, 6.45) is 2.05. The van der Waals surface area contributed by atoms with Crippen molar-refractivity contribution >= 4 is 22.4 Å². The number of rotatable bonds is 5. The molecule has 2 aliphatic heterocycles. The fraction of sp³-hybridized carbons (Fsp3) is 0.429. The number of benzene rings is 1. The molecule has 0 radical (unpaired) electrons. The molecule has 5 rings (SSSR count). The van der Waals surface area contributed by atoms with Gasteiger partial charge in [-0.3, -0.25) is 4.79 Å². The summed E-state index contributed by atoms with van der Waals surface area (Å²) in [6, 6.07) is 12.3. The standard InChI is InChI=1S/C21H23N5O2S/c1-15-9-18(24-28-15)19(27)25-10-17-11-26(20-23-22-14-29-20)13-21(17,12-25)8-7-16-5-3-2-4-6-16/h2-6,9,14,17H,7-8,10-13H2,1H3/t17-,21+/m1/s1. The zero-order valence-electron chi connectivity index (χ0n) is 16.3. The molecule has 0 saturated carbocycles. The smallest absolute Gasteiger partial charge is 0.276 e. The molecule has 7 nitrogen and oxygen atoms in total. The van der Waals surface area contributed by atoms with E-state index < -0.39 is 0 Å². The normalized spacial score (nSPS) is 23.6. The van der Waals surface area contributed by atoms with Gasteiger partial charge in [0.2, 0.25) is 5.13 Å². The Morgan fingerprint density at radius 3 is 2.86 bits per heavy atom. The maximum atomic E-state index is 13.0. The van der Waals surface area contributed by atoms with Gasteiger partial charge in [0, 0.05) is 43.6 Å². The van der Waals surface area contributed by atoms with E-state index in [1.54, 1.807) is 22.9 Å². The van der Waals surface area contributed by atoms with Crippen molar-refractivity contribution in [3.63, 3.8) is 0 Å². The summed E-state index contributed by atoms with van der Waals surface area (Å²) in [5.41, 5.74) is 3.58. The summed E-state index contributed by atoms with van der Waals surface area (Å²) in [6.45, 7) is 5.11. The van der Waals surface area contributed by atoms with Gasteiger partial charge >= 0.3 is 0 Å². The maximum Gasteiger partial charge on any atom is 0.276 e. The topological polar surface area (TPSA) is 75.4 Å². The monoisotopic (exact) mass is 409 g/mol. The Labute approximate surface area is 173 Å². The van der Waals surface area contributed by atoms with Gasteiger partial charge in [-0.25, -0.2) is 0 Å². The molecule has 8 heteroatoms. The van der Waals surface area contributed by atoms with Crippen LogP contribution in [0.4, 0.5) is 5.13 Å². The van der Waals surface area contributed by atoms with Gasteiger partial charge in [0.25, 0.3) is 5.91 Å². The molecule has 0 spiro atoms. The van der Waals surface area contributed by atoms with E-state index in [9.17, 15) is 4.79 Å². The van der Waals surface area contributed by atoms with Gasteiger partial charge in [-0.15, -0.1) is 10.2 Å². The summed E-state index contributed by atoms with van der Waals surface area (Å²) in [4.78, 5) is 17.3. The molecule has 0 N–H and O–H groups in total. The van der Waals surface area contributed by atoms with E-state index in [0.717, 1.165) is 44.2 Å². The second-order valence-corrected chi connectivity index (χ2v) is 8.97. The van der Waals surface area contributed by atoms with Crippen LogP contribution in [0.15, 0.2) is 46.4 Å². The molecule has 2 saturated heterocycles. The van der Waals surface area contributed by atoms with Crippen molar-refractivity contribution in [2.75, 3.05) is 31.1 Å². The molecule has 0 bridgehead atoms. The lowest BCUT2D eigenvalue weighted by molar-refractivity contribution is 0.0760. The number of hydrogen-bond donors (Lipinski definition) is 0. The third-order valence-electron chi connectivity index (χ3n) is 6.27. The summed E-state index contributed by atoms with van der Waals surface area (Å²) in [5.74, 6) is 1.04. The first kappa shape index (κ1) is 18.3. The summed E-state index contributed by atoms with van der Waals surface area (Å²) >= 11 is 1.58. The molecule has 29 heavy (non-hydrogen) atoms. The largest absolute Gasteiger partial charge is 0.361 e. The zero-order chi connectivity index (χ0) is 19.8. The number of carbonyl (C=O) groups excluding carboxylic acids is 1. The molecule has 4 heterocycles. The second-order valence-electron chi connectivity index (χ2n) is 8.16. The van der Waals surface area contributed by atoms with Crippen LogP contribution < -0.4 is 4.90 Å². The van der Waals surface area contributed by atoms with E-state index in [1.807, 2.05) is 17.9 Å². The van der Waals surface area contributed by atoms with Crippen molar-refractivity contribution in [1.82, 2.24) is 20.3 Å². The predicted molar refractivity (Wildman–Crippen MR) is 110 cm³/mol. The van der Waals surface area contributed by atoms with Crippen molar-refractivity contribution in [2.24, 2.45) is 11.3 Å². The average molecular weight is 410 g/mol. The van der Waals surface area contributed by atoms with Gasteiger partial charge in [0.1, 0.15) is 11.3 Å². The molecule has 0 unspecified atom stereocenters. The molecule has 2 atom stereocenters. The number of amides is 1. The van der Waals surface area contributed by atoms with Crippen LogP contribution in [-0.2, 0) is 6.42 Å². The summed E-state index contributed by atoms with van der Waals surface area (Å²) < 4.78 is 5.12. The van der Waals surface area contributed by atoms with E-state index in [0.29, 0.717) is 17.4 Å². The SMILES string of the molecule is Cc1cc(C(=O)N2C[C@@H]3CN(c4nncs4)C[C@]3(CCc3ccccc3)C2)no1. The Morgan fingerprint density at radius 1 is 1.28 bits per heavy atom. The highest BCUT2D eigenvalue weighted by Gasteiger charge is 2.53. The van der Waals surface area contributed by atoms with Crippen LogP contribution >= 0.6 is 11.3 Å². The third kappa shape index (κ3) is 3.42. The zero-order valence-corrected chi connectivity index (χ0v) is 17.1. The van der Waals surface area contributed by atoms with Crippen molar-refractivity contribution < 1.29 is 9.32 Å². The van der Waals surface area contributed by atoms with E-state index in [1.165, 1.54) is 5.56 Å². The minimum Gasteiger partial charge on any atom is -0.361 e. The molecule has 0 aliphatic carbocycles. The van der Waals surface area contributed by atoms with E-state index in [2.05, 4.69) is 44.5 Å². The lowest BCUT2D eigenvalue weighted by Gasteiger charge is -2.29. The van der Waals surface area contributed by atoms with E-state index in [-0.39, 0.29) is 11.3 Å². The van der Waals surface area contributed by atoms with E-state index >= 15 is 0 Å². The number of nitrogens with zero attached hydrogens (tertiary/aromatic N) is 5.